The molecule has 0 aliphatic carbocycles. The standard InChI is InChI=1S/C12H14F3NO/c1-16-7-3-2-4-9-5-6-11(17)10(8-9)12(13,14)15/h2,4-6,8,16-17H,3,7H2,1H3. The van der Waals surface area contributed by atoms with Crippen LogP contribution in [0.25, 0.3) is 6.08 Å². The predicted molar refractivity (Wildman–Crippen MR) is 60.7 cm³/mol. The maximum Gasteiger partial charge on any atom is 0.419 e. The summed E-state index contributed by atoms with van der Waals surface area (Å²) in [5.74, 6) is -0.745. The lowest BCUT2D eigenvalue weighted by Gasteiger charge is -2.09. The highest BCUT2D eigenvalue weighted by Gasteiger charge is 2.33. The van der Waals surface area contributed by atoms with Crippen LogP contribution in [-0.4, -0.2) is 18.7 Å². The molecular formula is C12H14F3NO. The van der Waals surface area contributed by atoms with Crippen LogP contribution in [0.3, 0.4) is 0 Å². The van der Waals surface area contributed by atoms with Crippen LogP contribution in [0.5, 0.6) is 5.75 Å². The van der Waals surface area contributed by atoms with E-state index in [0.29, 0.717) is 5.56 Å². The van der Waals surface area contributed by atoms with Crippen molar-refractivity contribution < 1.29 is 18.3 Å². The Labute approximate surface area is 97.8 Å². The molecule has 17 heavy (non-hydrogen) atoms. The average molecular weight is 245 g/mol. The Morgan fingerprint density at radius 1 is 1.35 bits per heavy atom. The maximum absolute atomic E-state index is 12.5. The second kappa shape index (κ2) is 5.72. The van der Waals surface area contributed by atoms with Crippen molar-refractivity contribution in [3.63, 3.8) is 0 Å². The molecule has 1 aromatic carbocycles. The Bertz CT molecular complexity index is 399. The number of phenols is 1. The number of hydrogen-bond donors (Lipinski definition) is 2. The molecule has 0 saturated heterocycles. The number of phenolic OH excluding ortho intramolecular Hbond substituents is 1. The van der Waals surface area contributed by atoms with Gasteiger partial charge in [-0.05, 0) is 37.7 Å². The minimum absolute atomic E-state index is 0.422. The van der Waals surface area contributed by atoms with E-state index in [0.717, 1.165) is 25.1 Å². The predicted octanol–water partition coefficient (Wildman–Crippen LogP) is 3.03. The van der Waals surface area contributed by atoms with Crippen LogP contribution in [-0.2, 0) is 6.18 Å². The van der Waals surface area contributed by atoms with E-state index in [1.165, 1.54) is 6.07 Å². The fourth-order valence-electron chi connectivity index (χ4n) is 1.33. The van der Waals surface area contributed by atoms with Gasteiger partial charge in [0.05, 0.1) is 5.56 Å². The summed E-state index contributed by atoms with van der Waals surface area (Å²) >= 11 is 0. The van der Waals surface area contributed by atoms with Crippen molar-refractivity contribution in [2.24, 2.45) is 0 Å². The van der Waals surface area contributed by atoms with Gasteiger partial charge in [0.1, 0.15) is 5.75 Å². The molecule has 0 fully saturated rings. The first-order valence-corrected chi connectivity index (χ1v) is 5.16. The minimum Gasteiger partial charge on any atom is -0.507 e. The third kappa shape index (κ3) is 4.11. The molecule has 0 unspecified atom stereocenters. The molecule has 2 N–H and O–H groups in total. The third-order valence-corrected chi connectivity index (χ3v) is 2.20. The summed E-state index contributed by atoms with van der Waals surface area (Å²) in [6, 6.07) is 3.44. The SMILES string of the molecule is CNCCC=Cc1ccc(O)c(C(F)(F)F)c1. The molecule has 94 valence electrons. The van der Waals surface area contributed by atoms with Crippen molar-refractivity contribution in [3.05, 3.63) is 35.4 Å². The molecule has 0 bridgehead atoms. The second-order valence-corrected chi connectivity index (χ2v) is 3.57. The lowest BCUT2D eigenvalue weighted by atomic mass is 10.1. The van der Waals surface area contributed by atoms with Crippen LogP contribution in [0.15, 0.2) is 24.3 Å². The van der Waals surface area contributed by atoms with Gasteiger partial charge in [-0.25, -0.2) is 0 Å². The van der Waals surface area contributed by atoms with Crippen molar-refractivity contribution >= 4 is 6.08 Å². The molecule has 0 spiro atoms. The van der Waals surface area contributed by atoms with Gasteiger partial charge in [0, 0.05) is 0 Å². The molecule has 0 radical (unpaired) electrons. The molecule has 0 heterocycles. The van der Waals surface area contributed by atoms with Crippen molar-refractivity contribution in [2.45, 2.75) is 12.6 Å². The van der Waals surface area contributed by atoms with Crippen LogP contribution in [0.4, 0.5) is 13.2 Å². The molecule has 0 amide bonds. The summed E-state index contributed by atoms with van der Waals surface area (Å²) < 4.78 is 37.4. The molecule has 0 aliphatic heterocycles. The Balaban J connectivity index is 2.86. The Hall–Kier alpha value is -1.49. The summed E-state index contributed by atoms with van der Waals surface area (Å²) in [5.41, 5.74) is -0.584. The van der Waals surface area contributed by atoms with E-state index in [1.807, 2.05) is 0 Å². The van der Waals surface area contributed by atoms with E-state index < -0.39 is 17.5 Å². The smallest absolute Gasteiger partial charge is 0.419 e. The fourth-order valence-corrected chi connectivity index (χ4v) is 1.33. The zero-order chi connectivity index (χ0) is 12.9. The highest BCUT2D eigenvalue weighted by molar-refractivity contribution is 5.53. The van der Waals surface area contributed by atoms with Gasteiger partial charge in [0.15, 0.2) is 0 Å². The van der Waals surface area contributed by atoms with Crippen molar-refractivity contribution in [3.8, 4) is 5.75 Å². The van der Waals surface area contributed by atoms with E-state index in [9.17, 15) is 13.2 Å². The molecule has 5 heteroatoms. The van der Waals surface area contributed by atoms with Crippen LogP contribution in [0, 0.1) is 0 Å². The highest BCUT2D eigenvalue weighted by Crippen LogP contribution is 2.36. The molecule has 0 aliphatic rings. The van der Waals surface area contributed by atoms with Crippen molar-refractivity contribution in [1.29, 1.82) is 0 Å². The van der Waals surface area contributed by atoms with E-state index in [4.69, 9.17) is 5.11 Å². The Morgan fingerprint density at radius 3 is 2.65 bits per heavy atom. The molecular weight excluding hydrogens is 231 g/mol. The number of halogens is 3. The van der Waals surface area contributed by atoms with Gasteiger partial charge in [-0.15, -0.1) is 0 Å². The summed E-state index contributed by atoms with van der Waals surface area (Å²) in [6.07, 6.45) is -0.410. The quantitative estimate of drug-likeness (QED) is 0.799. The van der Waals surface area contributed by atoms with Gasteiger partial charge < -0.3 is 10.4 Å². The van der Waals surface area contributed by atoms with Crippen molar-refractivity contribution in [1.82, 2.24) is 5.32 Å². The molecule has 0 saturated carbocycles. The fraction of sp³-hybridized carbons (Fsp3) is 0.333. The number of benzene rings is 1. The van der Waals surface area contributed by atoms with Crippen LogP contribution >= 0.6 is 0 Å². The molecule has 0 aromatic heterocycles. The molecule has 0 atom stereocenters. The molecule has 1 aromatic rings. The van der Waals surface area contributed by atoms with Gasteiger partial charge in [0.2, 0.25) is 0 Å². The number of aromatic hydroxyl groups is 1. The van der Waals surface area contributed by atoms with Crippen LogP contribution in [0.2, 0.25) is 0 Å². The largest absolute Gasteiger partial charge is 0.507 e. The summed E-state index contributed by atoms with van der Waals surface area (Å²) in [7, 11) is 1.80. The molecule has 2 nitrogen and oxygen atoms in total. The van der Waals surface area contributed by atoms with Gasteiger partial charge in [-0.2, -0.15) is 13.2 Å². The zero-order valence-electron chi connectivity index (χ0n) is 9.38. The zero-order valence-corrected chi connectivity index (χ0v) is 9.38. The summed E-state index contributed by atoms with van der Waals surface area (Å²) in [6.45, 7) is 0.765. The van der Waals surface area contributed by atoms with Crippen LogP contribution in [0.1, 0.15) is 17.5 Å². The van der Waals surface area contributed by atoms with Gasteiger partial charge >= 0.3 is 6.18 Å². The number of rotatable bonds is 4. The first-order chi connectivity index (χ1) is 7.95. The molecule has 1 rings (SSSR count). The Morgan fingerprint density at radius 2 is 2.06 bits per heavy atom. The highest BCUT2D eigenvalue weighted by atomic mass is 19.4. The maximum atomic E-state index is 12.5. The number of alkyl halides is 3. The number of hydrogen-bond acceptors (Lipinski definition) is 2. The van der Waals surface area contributed by atoms with Crippen LogP contribution < -0.4 is 5.32 Å². The first-order valence-electron chi connectivity index (χ1n) is 5.16. The van der Waals surface area contributed by atoms with E-state index >= 15 is 0 Å². The van der Waals surface area contributed by atoms with Gasteiger partial charge in [0.25, 0.3) is 0 Å². The average Bonchev–Trinajstić information content (AvgIpc) is 2.25. The first kappa shape index (κ1) is 13.6. The second-order valence-electron chi connectivity index (χ2n) is 3.57. The third-order valence-electron chi connectivity index (χ3n) is 2.20. The monoisotopic (exact) mass is 245 g/mol. The normalized spacial score (nSPS) is 12.2. The van der Waals surface area contributed by atoms with Gasteiger partial charge in [-0.1, -0.05) is 18.2 Å². The summed E-state index contributed by atoms with van der Waals surface area (Å²) in [5, 5.41) is 12.1. The minimum atomic E-state index is -4.53. The lowest BCUT2D eigenvalue weighted by molar-refractivity contribution is -0.138. The van der Waals surface area contributed by atoms with E-state index in [1.54, 1.807) is 19.2 Å². The van der Waals surface area contributed by atoms with E-state index in [-0.39, 0.29) is 0 Å². The van der Waals surface area contributed by atoms with E-state index in [2.05, 4.69) is 5.32 Å². The van der Waals surface area contributed by atoms with Crippen molar-refractivity contribution in [2.75, 3.05) is 13.6 Å². The topological polar surface area (TPSA) is 32.3 Å². The Kier molecular flexibility index (Phi) is 4.57. The summed E-state index contributed by atoms with van der Waals surface area (Å²) in [4.78, 5) is 0. The lowest BCUT2D eigenvalue weighted by Crippen LogP contribution is -2.06. The van der Waals surface area contributed by atoms with Gasteiger partial charge in [-0.3, -0.25) is 0 Å². The number of nitrogens with one attached hydrogen (secondary N) is 1.